The monoisotopic (exact) mass is 327 g/mol. The molecule has 0 spiro atoms. The number of oxazole rings is 1. The quantitative estimate of drug-likeness (QED) is 0.305. The van der Waals surface area contributed by atoms with E-state index in [1.807, 2.05) is 30.3 Å². The number of aryl methyl sites for hydroxylation is 1. The van der Waals surface area contributed by atoms with Crippen molar-refractivity contribution >= 4 is 44.4 Å². The van der Waals surface area contributed by atoms with Crippen LogP contribution in [-0.2, 0) is 6.42 Å². The van der Waals surface area contributed by atoms with E-state index in [1.165, 1.54) is 4.70 Å². The van der Waals surface area contributed by atoms with Crippen LogP contribution < -0.4 is 0 Å². The second-order valence-corrected chi connectivity index (χ2v) is 6.84. The number of hydrogen-bond acceptors (Lipinski definition) is 6. The zero-order valence-corrected chi connectivity index (χ0v) is 13.4. The Kier molecular flexibility index (Phi) is 3.78. The molecule has 0 fully saturated rings. The van der Waals surface area contributed by atoms with Gasteiger partial charge in [0, 0.05) is 12.2 Å². The van der Waals surface area contributed by atoms with Crippen LogP contribution in [0.1, 0.15) is 12.3 Å². The first-order valence-electron chi connectivity index (χ1n) is 7.05. The average molecular weight is 327 g/mol. The highest BCUT2D eigenvalue weighted by Crippen LogP contribution is 2.29. The predicted octanol–water partition coefficient (Wildman–Crippen LogP) is 4.56. The highest BCUT2D eigenvalue weighted by Gasteiger charge is 2.07. The lowest BCUT2D eigenvalue weighted by Crippen LogP contribution is -1.89. The van der Waals surface area contributed by atoms with Crippen molar-refractivity contribution in [3.05, 3.63) is 47.9 Å². The average Bonchev–Trinajstić information content (AvgIpc) is 3.17. The standard InChI is InChI=1S/C16H13N3OS2/c1-2-5-13-11(4-1)19-14(20-13)6-3-8-22-16-15-12(7-9-21-15)17-10-18-16/h1-2,4-5,7,9-10H,3,6,8H2. The second-order valence-electron chi connectivity index (χ2n) is 4.84. The Bertz CT molecular complexity index is 883. The lowest BCUT2D eigenvalue weighted by molar-refractivity contribution is 0.526. The molecule has 0 radical (unpaired) electrons. The van der Waals surface area contributed by atoms with Crippen molar-refractivity contribution in [1.82, 2.24) is 15.0 Å². The lowest BCUT2D eigenvalue weighted by Gasteiger charge is -2.00. The molecule has 0 atom stereocenters. The number of nitrogens with zero attached hydrogens (tertiary/aromatic N) is 3. The second kappa shape index (κ2) is 6.06. The molecule has 4 nitrogen and oxygen atoms in total. The first-order valence-corrected chi connectivity index (χ1v) is 8.92. The molecule has 0 bridgehead atoms. The Morgan fingerprint density at radius 2 is 2.05 bits per heavy atom. The molecular formula is C16H13N3OS2. The van der Waals surface area contributed by atoms with Gasteiger partial charge >= 0.3 is 0 Å². The molecule has 0 N–H and O–H groups in total. The van der Waals surface area contributed by atoms with E-state index in [-0.39, 0.29) is 0 Å². The minimum Gasteiger partial charge on any atom is -0.441 e. The van der Waals surface area contributed by atoms with E-state index in [9.17, 15) is 0 Å². The number of rotatable bonds is 5. The fourth-order valence-corrected chi connectivity index (χ4v) is 4.18. The number of thioether (sulfide) groups is 1. The molecule has 0 aliphatic heterocycles. The van der Waals surface area contributed by atoms with Crippen LogP contribution in [0.3, 0.4) is 0 Å². The molecule has 0 aliphatic carbocycles. The Morgan fingerprint density at radius 1 is 1.09 bits per heavy atom. The highest BCUT2D eigenvalue weighted by molar-refractivity contribution is 7.99. The molecule has 0 amide bonds. The van der Waals surface area contributed by atoms with Crippen molar-refractivity contribution in [3.8, 4) is 0 Å². The minimum absolute atomic E-state index is 0.811. The van der Waals surface area contributed by atoms with Gasteiger partial charge in [0.25, 0.3) is 0 Å². The number of aromatic nitrogens is 3. The zero-order valence-electron chi connectivity index (χ0n) is 11.7. The summed E-state index contributed by atoms with van der Waals surface area (Å²) in [6, 6.07) is 9.91. The molecule has 22 heavy (non-hydrogen) atoms. The van der Waals surface area contributed by atoms with Gasteiger partial charge in [0.15, 0.2) is 11.5 Å². The van der Waals surface area contributed by atoms with Gasteiger partial charge in [-0.2, -0.15) is 0 Å². The molecule has 6 heteroatoms. The van der Waals surface area contributed by atoms with Crippen LogP contribution in [0, 0.1) is 0 Å². The van der Waals surface area contributed by atoms with E-state index < -0.39 is 0 Å². The third-order valence-corrected chi connectivity index (χ3v) is 5.44. The summed E-state index contributed by atoms with van der Waals surface area (Å²) in [7, 11) is 0. The summed E-state index contributed by atoms with van der Waals surface area (Å²) >= 11 is 3.47. The van der Waals surface area contributed by atoms with Crippen molar-refractivity contribution in [1.29, 1.82) is 0 Å². The number of hydrogen-bond donors (Lipinski definition) is 0. The van der Waals surface area contributed by atoms with Crippen LogP contribution in [0.25, 0.3) is 21.3 Å². The molecule has 0 saturated carbocycles. The molecule has 0 saturated heterocycles. The molecule has 1 aromatic carbocycles. The zero-order chi connectivity index (χ0) is 14.8. The smallest absolute Gasteiger partial charge is 0.195 e. The van der Waals surface area contributed by atoms with Gasteiger partial charge in [0.05, 0.1) is 10.2 Å². The molecular weight excluding hydrogens is 314 g/mol. The van der Waals surface area contributed by atoms with Gasteiger partial charge in [-0.1, -0.05) is 12.1 Å². The topological polar surface area (TPSA) is 51.8 Å². The SMILES string of the molecule is c1ccc2oc(CCCSc3ncnc4ccsc34)nc2c1. The van der Waals surface area contributed by atoms with E-state index >= 15 is 0 Å². The maximum atomic E-state index is 5.73. The van der Waals surface area contributed by atoms with E-state index in [1.54, 1.807) is 29.4 Å². The Morgan fingerprint density at radius 3 is 3.00 bits per heavy atom. The number of thiophene rings is 1. The van der Waals surface area contributed by atoms with Gasteiger partial charge in [-0.25, -0.2) is 15.0 Å². The van der Waals surface area contributed by atoms with Crippen molar-refractivity contribution < 1.29 is 4.42 Å². The Labute approximate surface area is 135 Å². The van der Waals surface area contributed by atoms with Gasteiger partial charge in [-0.05, 0) is 30.0 Å². The van der Waals surface area contributed by atoms with E-state index in [4.69, 9.17) is 4.42 Å². The molecule has 4 rings (SSSR count). The molecule has 4 aromatic rings. The largest absolute Gasteiger partial charge is 0.441 e. The van der Waals surface area contributed by atoms with Gasteiger partial charge in [-0.15, -0.1) is 23.1 Å². The maximum absolute atomic E-state index is 5.73. The van der Waals surface area contributed by atoms with Crippen LogP contribution in [0.4, 0.5) is 0 Å². The fourth-order valence-electron chi connectivity index (χ4n) is 2.29. The Hall–Kier alpha value is -1.92. The number of benzene rings is 1. The van der Waals surface area contributed by atoms with Crippen LogP contribution >= 0.6 is 23.1 Å². The minimum atomic E-state index is 0.811. The predicted molar refractivity (Wildman–Crippen MR) is 90.5 cm³/mol. The van der Waals surface area contributed by atoms with Crippen molar-refractivity contribution in [3.63, 3.8) is 0 Å². The summed E-state index contributed by atoms with van der Waals surface area (Å²) in [5.41, 5.74) is 2.82. The van der Waals surface area contributed by atoms with Gasteiger partial charge in [-0.3, -0.25) is 0 Å². The lowest BCUT2D eigenvalue weighted by atomic mass is 10.3. The van der Waals surface area contributed by atoms with E-state index in [0.717, 1.165) is 46.1 Å². The van der Waals surface area contributed by atoms with Crippen molar-refractivity contribution in [2.45, 2.75) is 17.9 Å². The third kappa shape index (κ3) is 2.71. The van der Waals surface area contributed by atoms with Gasteiger partial charge in [0.1, 0.15) is 16.9 Å². The van der Waals surface area contributed by atoms with Crippen LogP contribution in [0.15, 0.2) is 51.5 Å². The van der Waals surface area contributed by atoms with Gasteiger partial charge in [0.2, 0.25) is 0 Å². The summed E-state index contributed by atoms with van der Waals surface area (Å²) in [6.07, 6.45) is 3.49. The van der Waals surface area contributed by atoms with E-state index in [2.05, 4.69) is 20.3 Å². The van der Waals surface area contributed by atoms with Crippen molar-refractivity contribution in [2.75, 3.05) is 5.75 Å². The molecule has 0 aliphatic rings. The van der Waals surface area contributed by atoms with Gasteiger partial charge < -0.3 is 4.42 Å². The van der Waals surface area contributed by atoms with Crippen LogP contribution in [0.5, 0.6) is 0 Å². The summed E-state index contributed by atoms with van der Waals surface area (Å²) in [6.45, 7) is 0. The Balaban J connectivity index is 1.38. The molecule has 0 unspecified atom stereocenters. The molecule has 3 heterocycles. The third-order valence-electron chi connectivity index (χ3n) is 3.32. The maximum Gasteiger partial charge on any atom is 0.195 e. The first-order chi connectivity index (χ1) is 10.9. The first kappa shape index (κ1) is 13.7. The summed E-state index contributed by atoms with van der Waals surface area (Å²) in [5, 5.41) is 3.12. The fraction of sp³-hybridized carbons (Fsp3) is 0.188. The summed E-state index contributed by atoms with van der Waals surface area (Å²) in [4.78, 5) is 13.1. The van der Waals surface area contributed by atoms with Crippen LogP contribution in [0.2, 0.25) is 0 Å². The number of para-hydroxylation sites is 2. The van der Waals surface area contributed by atoms with Crippen LogP contribution in [-0.4, -0.2) is 20.7 Å². The summed E-state index contributed by atoms with van der Waals surface area (Å²) in [5.74, 6) is 1.80. The molecule has 3 aromatic heterocycles. The highest BCUT2D eigenvalue weighted by atomic mass is 32.2. The number of fused-ring (bicyclic) bond motifs is 2. The van der Waals surface area contributed by atoms with Crippen molar-refractivity contribution in [2.24, 2.45) is 0 Å². The normalized spacial score (nSPS) is 11.5. The van der Waals surface area contributed by atoms with E-state index in [0.29, 0.717) is 0 Å². The summed E-state index contributed by atoms with van der Waals surface area (Å²) < 4.78 is 6.91. The molecule has 110 valence electrons.